The summed E-state index contributed by atoms with van der Waals surface area (Å²) < 4.78 is 16.3. The van der Waals surface area contributed by atoms with Gasteiger partial charge in [0.2, 0.25) is 0 Å². The zero-order chi connectivity index (χ0) is 16.5. The SMILES string of the molecule is COc1ccc(NC(=S)NCCCOC2CCCC2)c(OC)c1. The number of ether oxygens (including phenoxy) is 3. The van der Waals surface area contributed by atoms with Gasteiger partial charge in [0.25, 0.3) is 0 Å². The normalized spacial score (nSPS) is 14.5. The van der Waals surface area contributed by atoms with E-state index in [-0.39, 0.29) is 0 Å². The van der Waals surface area contributed by atoms with Gasteiger partial charge in [0.15, 0.2) is 5.11 Å². The highest BCUT2D eigenvalue weighted by Crippen LogP contribution is 2.28. The smallest absolute Gasteiger partial charge is 0.170 e. The minimum atomic E-state index is 0.476. The largest absolute Gasteiger partial charge is 0.497 e. The predicted octanol–water partition coefficient (Wildman–Crippen LogP) is 3.34. The van der Waals surface area contributed by atoms with Crippen molar-refractivity contribution in [2.24, 2.45) is 0 Å². The van der Waals surface area contributed by atoms with E-state index in [9.17, 15) is 0 Å². The molecule has 5 nitrogen and oxygen atoms in total. The summed E-state index contributed by atoms with van der Waals surface area (Å²) in [6.07, 6.45) is 6.46. The minimum Gasteiger partial charge on any atom is -0.497 e. The van der Waals surface area contributed by atoms with Gasteiger partial charge >= 0.3 is 0 Å². The molecule has 6 heteroatoms. The number of hydrogen-bond acceptors (Lipinski definition) is 4. The van der Waals surface area contributed by atoms with Crippen LogP contribution < -0.4 is 20.1 Å². The molecule has 0 heterocycles. The highest BCUT2D eigenvalue weighted by Gasteiger charge is 2.14. The fourth-order valence-corrected chi connectivity index (χ4v) is 2.86. The monoisotopic (exact) mass is 338 g/mol. The lowest BCUT2D eigenvalue weighted by Gasteiger charge is -2.15. The molecule has 128 valence electrons. The summed E-state index contributed by atoms with van der Waals surface area (Å²) >= 11 is 5.31. The lowest BCUT2D eigenvalue weighted by Crippen LogP contribution is -2.30. The molecule has 1 aromatic carbocycles. The van der Waals surface area contributed by atoms with Crippen molar-refractivity contribution in [3.63, 3.8) is 0 Å². The summed E-state index contributed by atoms with van der Waals surface area (Å²) in [5.41, 5.74) is 0.813. The Morgan fingerprint density at radius 1 is 1.22 bits per heavy atom. The van der Waals surface area contributed by atoms with Gasteiger partial charge in [0.1, 0.15) is 11.5 Å². The van der Waals surface area contributed by atoms with E-state index in [1.165, 1.54) is 25.7 Å². The number of benzene rings is 1. The number of rotatable bonds is 8. The number of hydrogen-bond donors (Lipinski definition) is 2. The van der Waals surface area contributed by atoms with E-state index in [1.807, 2.05) is 18.2 Å². The number of methoxy groups -OCH3 is 2. The van der Waals surface area contributed by atoms with Gasteiger partial charge in [-0.05, 0) is 43.6 Å². The molecule has 1 aromatic rings. The van der Waals surface area contributed by atoms with Gasteiger partial charge in [-0.15, -0.1) is 0 Å². The number of thiocarbonyl (C=S) groups is 1. The van der Waals surface area contributed by atoms with Crippen LogP contribution in [0.4, 0.5) is 5.69 Å². The number of anilines is 1. The third-order valence-electron chi connectivity index (χ3n) is 3.92. The summed E-state index contributed by atoms with van der Waals surface area (Å²) in [5, 5.41) is 6.91. The van der Waals surface area contributed by atoms with Gasteiger partial charge in [-0.2, -0.15) is 0 Å². The first kappa shape index (κ1) is 17.8. The molecule has 0 atom stereocenters. The quantitative estimate of drug-likeness (QED) is 0.560. The second-order valence-corrected chi connectivity index (χ2v) is 5.99. The Morgan fingerprint density at radius 3 is 2.70 bits per heavy atom. The molecule has 0 aromatic heterocycles. The zero-order valence-electron chi connectivity index (χ0n) is 13.9. The van der Waals surface area contributed by atoms with Crippen molar-refractivity contribution in [2.75, 3.05) is 32.7 Å². The van der Waals surface area contributed by atoms with Crippen molar-refractivity contribution in [2.45, 2.75) is 38.2 Å². The second-order valence-electron chi connectivity index (χ2n) is 5.58. The third-order valence-corrected chi connectivity index (χ3v) is 4.17. The van der Waals surface area contributed by atoms with Crippen LogP contribution in [-0.2, 0) is 4.74 Å². The molecule has 0 aliphatic heterocycles. The fraction of sp³-hybridized carbons (Fsp3) is 0.588. The molecule has 1 aliphatic carbocycles. The first-order chi connectivity index (χ1) is 11.2. The molecule has 0 unspecified atom stereocenters. The molecular weight excluding hydrogens is 312 g/mol. The Kier molecular flexibility index (Phi) is 7.42. The Labute approximate surface area is 143 Å². The fourth-order valence-electron chi connectivity index (χ4n) is 2.65. The van der Waals surface area contributed by atoms with Gasteiger partial charge in [0, 0.05) is 19.2 Å². The topological polar surface area (TPSA) is 51.8 Å². The van der Waals surface area contributed by atoms with Gasteiger partial charge < -0.3 is 24.8 Å². The predicted molar refractivity (Wildman–Crippen MR) is 96.6 cm³/mol. The molecular formula is C17H26N2O3S. The Morgan fingerprint density at radius 2 is 2.00 bits per heavy atom. The molecule has 2 N–H and O–H groups in total. The highest BCUT2D eigenvalue weighted by atomic mass is 32.1. The highest BCUT2D eigenvalue weighted by molar-refractivity contribution is 7.80. The van der Waals surface area contributed by atoms with Gasteiger partial charge in [-0.25, -0.2) is 0 Å². The van der Waals surface area contributed by atoms with Crippen LogP contribution in [0.25, 0.3) is 0 Å². The summed E-state index contributed by atoms with van der Waals surface area (Å²) in [6, 6.07) is 5.57. The first-order valence-electron chi connectivity index (χ1n) is 8.11. The summed E-state index contributed by atoms with van der Waals surface area (Å²) in [4.78, 5) is 0. The van der Waals surface area contributed by atoms with Crippen molar-refractivity contribution in [1.82, 2.24) is 5.32 Å². The van der Waals surface area contributed by atoms with Crippen molar-refractivity contribution in [3.05, 3.63) is 18.2 Å². The Bertz CT molecular complexity index is 505. The van der Waals surface area contributed by atoms with Crippen LogP contribution >= 0.6 is 12.2 Å². The third kappa shape index (κ3) is 5.88. The Balaban J connectivity index is 1.67. The first-order valence-corrected chi connectivity index (χ1v) is 8.52. The van der Waals surface area contributed by atoms with Crippen molar-refractivity contribution < 1.29 is 14.2 Å². The molecule has 0 spiro atoms. The molecule has 0 bridgehead atoms. The van der Waals surface area contributed by atoms with Crippen LogP contribution in [0, 0.1) is 0 Å². The Hall–Kier alpha value is -1.53. The molecule has 2 rings (SSSR count). The van der Waals surface area contributed by atoms with E-state index in [2.05, 4.69) is 10.6 Å². The average molecular weight is 338 g/mol. The molecule has 0 saturated heterocycles. The number of nitrogens with one attached hydrogen (secondary N) is 2. The van der Waals surface area contributed by atoms with Crippen LogP contribution in [0.15, 0.2) is 18.2 Å². The van der Waals surface area contributed by atoms with E-state index in [0.717, 1.165) is 31.0 Å². The van der Waals surface area contributed by atoms with Crippen LogP contribution in [0.2, 0.25) is 0 Å². The van der Waals surface area contributed by atoms with Gasteiger partial charge in [-0.1, -0.05) is 12.8 Å². The van der Waals surface area contributed by atoms with E-state index in [4.69, 9.17) is 26.4 Å². The average Bonchev–Trinajstić information content (AvgIpc) is 3.08. The summed E-state index contributed by atoms with van der Waals surface area (Å²) in [6.45, 7) is 1.57. The zero-order valence-corrected chi connectivity index (χ0v) is 14.7. The molecule has 1 aliphatic rings. The van der Waals surface area contributed by atoms with E-state index in [0.29, 0.717) is 17.0 Å². The minimum absolute atomic E-state index is 0.476. The van der Waals surface area contributed by atoms with Crippen LogP contribution in [0.1, 0.15) is 32.1 Å². The van der Waals surface area contributed by atoms with Crippen LogP contribution in [0.3, 0.4) is 0 Å². The van der Waals surface area contributed by atoms with Crippen molar-refractivity contribution in [3.8, 4) is 11.5 Å². The summed E-state index contributed by atoms with van der Waals surface area (Å²) in [7, 11) is 3.25. The van der Waals surface area contributed by atoms with Gasteiger partial charge in [0.05, 0.1) is 26.0 Å². The van der Waals surface area contributed by atoms with Crippen LogP contribution in [0.5, 0.6) is 11.5 Å². The van der Waals surface area contributed by atoms with Crippen molar-refractivity contribution in [1.29, 1.82) is 0 Å². The molecule has 1 fully saturated rings. The lowest BCUT2D eigenvalue weighted by molar-refractivity contribution is 0.0574. The van der Waals surface area contributed by atoms with E-state index < -0.39 is 0 Å². The maximum absolute atomic E-state index is 5.83. The maximum atomic E-state index is 5.83. The standard InChI is InChI=1S/C17H26N2O3S/c1-20-14-8-9-15(16(12-14)21-2)19-17(23)18-10-5-11-22-13-6-3-4-7-13/h8-9,12-13H,3-7,10-11H2,1-2H3,(H2,18,19,23). The summed E-state index contributed by atoms with van der Waals surface area (Å²) in [5.74, 6) is 1.44. The molecule has 0 radical (unpaired) electrons. The molecule has 23 heavy (non-hydrogen) atoms. The second kappa shape index (κ2) is 9.57. The van der Waals surface area contributed by atoms with Gasteiger partial charge in [-0.3, -0.25) is 0 Å². The molecule has 0 amide bonds. The maximum Gasteiger partial charge on any atom is 0.170 e. The van der Waals surface area contributed by atoms with Crippen LogP contribution in [-0.4, -0.2) is 38.6 Å². The van der Waals surface area contributed by atoms with E-state index >= 15 is 0 Å². The molecule has 1 saturated carbocycles. The van der Waals surface area contributed by atoms with Crippen molar-refractivity contribution >= 4 is 23.0 Å². The lowest BCUT2D eigenvalue weighted by atomic mass is 10.2. The van der Waals surface area contributed by atoms with E-state index in [1.54, 1.807) is 14.2 Å².